The molecule has 0 saturated carbocycles. The maximum atomic E-state index is 12.4. The summed E-state index contributed by atoms with van der Waals surface area (Å²) in [6, 6.07) is 10.6. The lowest BCUT2D eigenvalue weighted by Gasteiger charge is -2.16. The van der Waals surface area contributed by atoms with Gasteiger partial charge < -0.3 is 19.5 Å². The van der Waals surface area contributed by atoms with Crippen molar-refractivity contribution < 1.29 is 23.8 Å². The zero-order chi connectivity index (χ0) is 20.0. The van der Waals surface area contributed by atoms with Gasteiger partial charge in [-0.2, -0.15) is 0 Å². The molecule has 27 heavy (non-hydrogen) atoms. The first-order chi connectivity index (χ1) is 12.9. The Morgan fingerprint density at radius 1 is 1.07 bits per heavy atom. The maximum Gasteiger partial charge on any atom is 0.342 e. The summed E-state index contributed by atoms with van der Waals surface area (Å²) in [6.45, 7) is 5.64. The van der Waals surface area contributed by atoms with E-state index in [0.717, 1.165) is 16.8 Å². The summed E-state index contributed by atoms with van der Waals surface area (Å²) in [7, 11) is 2.95. The number of methoxy groups -OCH3 is 2. The van der Waals surface area contributed by atoms with Crippen LogP contribution in [0.15, 0.2) is 36.4 Å². The molecule has 6 nitrogen and oxygen atoms in total. The zero-order valence-electron chi connectivity index (χ0n) is 16.3. The number of benzene rings is 2. The molecule has 0 spiro atoms. The van der Waals surface area contributed by atoms with Crippen LogP contribution in [0, 0.1) is 6.92 Å². The summed E-state index contributed by atoms with van der Waals surface area (Å²) < 4.78 is 15.4. The maximum absolute atomic E-state index is 12.4. The van der Waals surface area contributed by atoms with Gasteiger partial charge in [0.15, 0.2) is 6.61 Å². The minimum atomic E-state index is -0.658. The summed E-state index contributed by atoms with van der Waals surface area (Å²) in [5, 5.41) is 2.85. The van der Waals surface area contributed by atoms with Crippen LogP contribution in [-0.4, -0.2) is 32.7 Å². The minimum absolute atomic E-state index is 0.198. The molecule has 0 aromatic heterocycles. The van der Waals surface area contributed by atoms with Crippen LogP contribution in [0.25, 0.3) is 0 Å². The summed E-state index contributed by atoms with van der Waals surface area (Å²) in [5.41, 5.74) is 2.94. The van der Waals surface area contributed by atoms with Gasteiger partial charge in [0.25, 0.3) is 5.91 Å². The number of amides is 1. The molecular weight excluding hydrogens is 346 g/mol. The Kier molecular flexibility index (Phi) is 6.82. The molecular formula is C21H25NO5. The molecule has 0 aliphatic heterocycles. The second kappa shape index (κ2) is 9.07. The van der Waals surface area contributed by atoms with Crippen LogP contribution in [0.2, 0.25) is 0 Å². The van der Waals surface area contributed by atoms with Crippen molar-refractivity contribution in [3.05, 3.63) is 53.1 Å². The molecule has 0 heterocycles. The number of aryl methyl sites for hydroxylation is 1. The fourth-order valence-electron chi connectivity index (χ4n) is 2.70. The number of hydrogen-bond donors (Lipinski definition) is 1. The molecule has 0 fully saturated rings. The standard InChI is InChI=1S/C21H25NO5/c1-13(2)16-8-6-7-14(3)20(16)22-19(23)12-27-21(24)17-11-15(25-4)9-10-18(17)26-5/h6-11,13H,12H2,1-5H3,(H,22,23). The number of carbonyl (C=O) groups is 2. The van der Waals surface area contributed by atoms with E-state index >= 15 is 0 Å². The lowest BCUT2D eigenvalue weighted by molar-refractivity contribution is -0.119. The van der Waals surface area contributed by atoms with E-state index in [1.165, 1.54) is 20.3 Å². The molecule has 1 N–H and O–H groups in total. The van der Waals surface area contributed by atoms with E-state index in [1.807, 2.05) is 25.1 Å². The van der Waals surface area contributed by atoms with Crippen LogP contribution >= 0.6 is 0 Å². The first-order valence-corrected chi connectivity index (χ1v) is 8.65. The quantitative estimate of drug-likeness (QED) is 0.747. The van der Waals surface area contributed by atoms with E-state index in [4.69, 9.17) is 14.2 Å². The van der Waals surface area contributed by atoms with E-state index in [2.05, 4.69) is 19.2 Å². The predicted molar refractivity (Wildman–Crippen MR) is 104 cm³/mol. The molecule has 2 rings (SSSR count). The van der Waals surface area contributed by atoms with Crippen LogP contribution in [0.3, 0.4) is 0 Å². The highest BCUT2D eigenvalue weighted by Gasteiger charge is 2.18. The highest BCUT2D eigenvalue weighted by molar-refractivity contribution is 5.97. The van der Waals surface area contributed by atoms with Crippen molar-refractivity contribution in [2.45, 2.75) is 26.7 Å². The number of nitrogens with one attached hydrogen (secondary N) is 1. The molecule has 0 saturated heterocycles. The van der Waals surface area contributed by atoms with Gasteiger partial charge in [0.1, 0.15) is 17.1 Å². The molecule has 0 aliphatic carbocycles. The Labute approximate surface area is 159 Å². The summed E-state index contributed by atoms with van der Waals surface area (Å²) >= 11 is 0. The van der Waals surface area contributed by atoms with Crippen molar-refractivity contribution >= 4 is 17.6 Å². The summed E-state index contributed by atoms with van der Waals surface area (Å²) in [5.74, 6) is 0.0378. The first-order valence-electron chi connectivity index (χ1n) is 8.65. The van der Waals surface area contributed by atoms with Crippen molar-refractivity contribution in [1.82, 2.24) is 0 Å². The van der Waals surface area contributed by atoms with Gasteiger partial charge in [-0.15, -0.1) is 0 Å². The Morgan fingerprint density at radius 2 is 1.81 bits per heavy atom. The van der Waals surface area contributed by atoms with E-state index in [-0.39, 0.29) is 11.5 Å². The average molecular weight is 371 g/mol. The van der Waals surface area contributed by atoms with Gasteiger partial charge in [-0.3, -0.25) is 4.79 Å². The van der Waals surface area contributed by atoms with Crippen LogP contribution in [0.5, 0.6) is 11.5 Å². The van der Waals surface area contributed by atoms with Crippen LogP contribution < -0.4 is 14.8 Å². The molecule has 2 aromatic carbocycles. The Bertz CT molecular complexity index is 829. The smallest absolute Gasteiger partial charge is 0.342 e. The molecule has 0 aliphatic rings. The third-order valence-electron chi connectivity index (χ3n) is 4.15. The average Bonchev–Trinajstić information content (AvgIpc) is 2.66. The number of rotatable bonds is 7. The SMILES string of the molecule is COc1ccc(OC)c(C(=O)OCC(=O)Nc2c(C)cccc2C(C)C)c1. The summed E-state index contributed by atoms with van der Waals surface area (Å²) in [4.78, 5) is 24.7. The zero-order valence-corrected chi connectivity index (χ0v) is 16.3. The van der Waals surface area contributed by atoms with Gasteiger partial charge >= 0.3 is 5.97 Å². The molecule has 0 radical (unpaired) electrons. The van der Waals surface area contributed by atoms with Gasteiger partial charge in [0.05, 0.1) is 14.2 Å². The van der Waals surface area contributed by atoms with Gasteiger partial charge in [-0.05, 0) is 42.2 Å². The number of carbonyl (C=O) groups excluding carboxylic acids is 2. The topological polar surface area (TPSA) is 73.9 Å². The van der Waals surface area contributed by atoms with E-state index in [0.29, 0.717) is 11.5 Å². The van der Waals surface area contributed by atoms with Gasteiger partial charge in [0.2, 0.25) is 0 Å². The number of esters is 1. The second-order valence-corrected chi connectivity index (χ2v) is 6.38. The molecule has 0 unspecified atom stereocenters. The van der Waals surface area contributed by atoms with E-state index < -0.39 is 18.5 Å². The lowest BCUT2D eigenvalue weighted by atomic mass is 9.98. The van der Waals surface area contributed by atoms with Crippen LogP contribution in [0.1, 0.15) is 41.3 Å². The predicted octanol–water partition coefficient (Wildman–Crippen LogP) is 3.93. The third kappa shape index (κ3) is 5.00. The lowest BCUT2D eigenvalue weighted by Crippen LogP contribution is -2.22. The molecule has 6 heteroatoms. The van der Waals surface area contributed by atoms with Gasteiger partial charge in [0, 0.05) is 5.69 Å². The number of hydrogen-bond acceptors (Lipinski definition) is 5. The summed E-state index contributed by atoms with van der Waals surface area (Å²) in [6.07, 6.45) is 0. The normalized spacial score (nSPS) is 10.4. The molecule has 0 bridgehead atoms. The first kappa shape index (κ1) is 20.3. The van der Waals surface area contributed by atoms with E-state index in [9.17, 15) is 9.59 Å². The van der Waals surface area contributed by atoms with Gasteiger partial charge in [-0.25, -0.2) is 4.79 Å². The minimum Gasteiger partial charge on any atom is -0.497 e. The molecule has 0 atom stereocenters. The van der Waals surface area contributed by atoms with Crippen molar-refractivity contribution in [1.29, 1.82) is 0 Å². The second-order valence-electron chi connectivity index (χ2n) is 6.38. The van der Waals surface area contributed by atoms with Gasteiger partial charge in [-0.1, -0.05) is 32.0 Å². The van der Waals surface area contributed by atoms with Crippen LogP contribution in [0.4, 0.5) is 5.69 Å². The number of para-hydroxylation sites is 1. The van der Waals surface area contributed by atoms with Crippen molar-refractivity contribution in [3.8, 4) is 11.5 Å². The Morgan fingerprint density at radius 3 is 2.44 bits per heavy atom. The fourth-order valence-corrected chi connectivity index (χ4v) is 2.70. The molecule has 1 amide bonds. The monoisotopic (exact) mass is 371 g/mol. The van der Waals surface area contributed by atoms with Crippen molar-refractivity contribution in [2.75, 3.05) is 26.1 Å². The van der Waals surface area contributed by atoms with Crippen LogP contribution in [-0.2, 0) is 9.53 Å². The largest absolute Gasteiger partial charge is 0.497 e. The fraction of sp³-hybridized carbons (Fsp3) is 0.333. The Balaban J connectivity index is 2.08. The number of anilines is 1. The Hall–Kier alpha value is -3.02. The third-order valence-corrected chi connectivity index (χ3v) is 4.15. The molecule has 2 aromatic rings. The molecule has 144 valence electrons. The highest BCUT2D eigenvalue weighted by atomic mass is 16.5. The van der Waals surface area contributed by atoms with E-state index in [1.54, 1.807) is 12.1 Å². The highest BCUT2D eigenvalue weighted by Crippen LogP contribution is 2.27. The van der Waals surface area contributed by atoms with Crippen molar-refractivity contribution in [2.24, 2.45) is 0 Å². The number of ether oxygens (including phenoxy) is 3. The van der Waals surface area contributed by atoms with Crippen molar-refractivity contribution in [3.63, 3.8) is 0 Å².